The van der Waals surface area contributed by atoms with Crippen LogP contribution in [0.2, 0.25) is 0 Å². The highest BCUT2D eigenvalue weighted by atomic mass is 32.2. The maximum absolute atomic E-state index is 12.2. The van der Waals surface area contributed by atoms with Crippen LogP contribution >= 0.6 is 11.8 Å². The Bertz CT molecular complexity index is 876. The Hall–Kier alpha value is -1.79. The Morgan fingerprint density at radius 1 is 1.25 bits per heavy atom. The lowest BCUT2D eigenvalue weighted by molar-refractivity contribution is 0.0945. The lowest BCUT2D eigenvalue weighted by atomic mass is 10.2. The van der Waals surface area contributed by atoms with Crippen molar-refractivity contribution in [3.05, 3.63) is 24.3 Å². The van der Waals surface area contributed by atoms with E-state index in [2.05, 4.69) is 18.7 Å². The van der Waals surface area contributed by atoms with Crippen LogP contribution < -0.4 is 0 Å². The molecule has 0 unspecified atom stereocenters. The zero-order chi connectivity index (χ0) is 17.3. The van der Waals surface area contributed by atoms with Crippen LogP contribution in [-0.2, 0) is 7.05 Å². The number of fused-ring (bicyclic) bond motifs is 3. The fraction of sp³-hybridized carbons (Fsp3) is 0.444. The van der Waals surface area contributed by atoms with E-state index < -0.39 is 0 Å². The zero-order valence-corrected chi connectivity index (χ0v) is 15.6. The van der Waals surface area contributed by atoms with Crippen LogP contribution in [0.1, 0.15) is 25.6 Å². The van der Waals surface area contributed by atoms with E-state index in [9.17, 15) is 4.79 Å². The number of imidazole rings is 1. The Balaban J connectivity index is 1.99. The van der Waals surface area contributed by atoms with Gasteiger partial charge in [0.15, 0.2) is 5.16 Å². The molecule has 0 aliphatic rings. The van der Waals surface area contributed by atoms with Crippen LogP contribution in [0, 0.1) is 0 Å². The molecular weight excluding hydrogens is 320 g/mol. The normalized spacial score (nSPS) is 11.9. The highest BCUT2D eigenvalue weighted by molar-refractivity contribution is 7.99. The molecule has 2 aromatic heterocycles. The summed E-state index contributed by atoms with van der Waals surface area (Å²) >= 11 is 1.75. The van der Waals surface area contributed by atoms with E-state index in [1.165, 1.54) is 0 Å². The van der Waals surface area contributed by atoms with E-state index in [0.717, 1.165) is 52.6 Å². The summed E-state index contributed by atoms with van der Waals surface area (Å²) in [6.07, 6.45) is 0. The van der Waals surface area contributed by atoms with E-state index in [1.54, 1.807) is 23.3 Å². The van der Waals surface area contributed by atoms with Crippen molar-refractivity contribution < 1.29 is 4.79 Å². The van der Waals surface area contributed by atoms with Gasteiger partial charge in [0.1, 0.15) is 11.2 Å². The molecule has 3 rings (SSSR count). The molecule has 0 spiro atoms. The number of aromatic nitrogens is 3. The second-order valence-electron chi connectivity index (χ2n) is 5.87. The second-order valence-corrected chi connectivity index (χ2v) is 6.93. The number of carbonyl (C=O) groups is 1. The molecule has 6 heteroatoms. The van der Waals surface area contributed by atoms with Gasteiger partial charge in [-0.15, -0.1) is 0 Å². The molecule has 0 N–H and O–H groups in total. The Labute approximate surface area is 146 Å². The zero-order valence-electron chi connectivity index (χ0n) is 14.7. The van der Waals surface area contributed by atoms with E-state index in [1.807, 2.05) is 35.9 Å². The number of aryl methyl sites for hydroxylation is 1. The summed E-state index contributed by atoms with van der Waals surface area (Å²) in [5.41, 5.74) is 2.72. The molecule has 0 aliphatic carbocycles. The summed E-state index contributed by atoms with van der Waals surface area (Å²) in [6, 6.07) is 7.97. The fourth-order valence-corrected chi connectivity index (χ4v) is 4.11. The highest BCUT2D eigenvalue weighted by Gasteiger charge is 2.20. The van der Waals surface area contributed by atoms with Gasteiger partial charge in [-0.3, -0.25) is 9.36 Å². The summed E-state index contributed by atoms with van der Waals surface area (Å²) in [5, 5.41) is 2.00. The summed E-state index contributed by atoms with van der Waals surface area (Å²) in [4.78, 5) is 19.4. The van der Waals surface area contributed by atoms with Crippen molar-refractivity contribution in [2.45, 2.75) is 25.9 Å². The van der Waals surface area contributed by atoms with Gasteiger partial charge in [0.2, 0.25) is 5.91 Å². The fourth-order valence-electron chi connectivity index (χ4n) is 3.14. The molecule has 0 saturated carbocycles. The highest BCUT2D eigenvalue weighted by Crippen LogP contribution is 2.31. The van der Waals surface area contributed by atoms with Gasteiger partial charge in [0, 0.05) is 31.7 Å². The largest absolute Gasteiger partial charge is 0.308 e. The molecular formula is C18H24N4OS. The van der Waals surface area contributed by atoms with Crippen LogP contribution in [0.4, 0.5) is 0 Å². The third-order valence-corrected chi connectivity index (χ3v) is 5.49. The quantitative estimate of drug-likeness (QED) is 0.641. The molecule has 128 valence electrons. The Morgan fingerprint density at radius 2 is 1.96 bits per heavy atom. The number of rotatable bonds is 6. The van der Waals surface area contributed by atoms with Crippen molar-refractivity contribution in [1.82, 2.24) is 19.0 Å². The topological polar surface area (TPSA) is 43.1 Å². The van der Waals surface area contributed by atoms with Crippen LogP contribution in [0.3, 0.4) is 0 Å². The van der Waals surface area contributed by atoms with Gasteiger partial charge in [-0.05, 0) is 19.2 Å². The number of thioether (sulfide) groups is 1. The maximum atomic E-state index is 12.2. The SMILES string of the molecule is CCN(CC)CCSc1nc2c3ccccc3n(C(C)=O)c2n1C. The number of hydrogen-bond acceptors (Lipinski definition) is 4. The predicted molar refractivity (Wildman–Crippen MR) is 101 cm³/mol. The number of carbonyl (C=O) groups excluding carboxylic acids is 1. The number of benzene rings is 1. The van der Waals surface area contributed by atoms with Gasteiger partial charge in [0.25, 0.3) is 0 Å². The first-order valence-corrected chi connectivity index (χ1v) is 9.39. The van der Waals surface area contributed by atoms with E-state index in [4.69, 9.17) is 4.98 Å². The Kier molecular flexibility index (Phi) is 4.96. The van der Waals surface area contributed by atoms with E-state index in [0.29, 0.717) is 0 Å². The van der Waals surface area contributed by atoms with Crippen molar-refractivity contribution in [2.24, 2.45) is 7.05 Å². The molecule has 0 fully saturated rings. The summed E-state index contributed by atoms with van der Waals surface area (Å²) in [7, 11) is 1.99. The van der Waals surface area contributed by atoms with Gasteiger partial charge in [0.05, 0.1) is 5.52 Å². The molecule has 0 aliphatic heterocycles. The van der Waals surface area contributed by atoms with Gasteiger partial charge < -0.3 is 9.47 Å². The third-order valence-electron chi connectivity index (χ3n) is 4.48. The lowest BCUT2D eigenvalue weighted by Gasteiger charge is -2.17. The van der Waals surface area contributed by atoms with Crippen LogP contribution in [0.15, 0.2) is 29.4 Å². The van der Waals surface area contributed by atoms with Gasteiger partial charge >= 0.3 is 0 Å². The predicted octanol–water partition coefficient (Wildman–Crippen LogP) is 3.62. The van der Waals surface area contributed by atoms with Crippen LogP contribution in [0.5, 0.6) is 0 Å². The van der Waals surface area contributed by atoms with Gasteiger partial charge in [-0.1, -0.05) is 43.8 Å². The minimum atomic E-state index is 0.0175. The average molecular weight is 344 g/mol. The first kappa shape index (κ1) is 17.0. The molecule has 1 aromatic carbocycles. The average Bonchev–Trinajstić information content (AvgIpc) is 3.07. The summed E-state index contributed by atoms with van der Waals surface area (Å²) < 4.78 is 3.82. The first-order valence-electron chi connectivity index (χ1n) is 8.40. The van der Waals surface area contributed by atoms with Crippen molar-refractivity contribution in [3.8, 4) is 0 Å². The molecule has 0 saturated heterocycles. The minimum Gasteiger partial charge on any atom is -0.308 e. The van der Waals surface area contributed by atoms with Crippen molar-refractivity contribution in [1.29, 1.82) is 0 Å². The molecule has 0 atom stereocenters. The molecule has 0 radical (unpaired) electrons. The summed E-state index contributed by atoms with van der Waals surface area (Å²) in [5.74, 6) is 1.01. The lowest BCUT2D eigenvalue weighted by Crippen LogP contribution is -2.25. The van der Waals surface area contributed by atoms with Crippen LogP contribution in [0.25, 0.3) is 22.1 Å². The Morgan fingerprint density at radius 3 is 2.62 bits per heavy atom. The van der Waals surface area contributed by atoms with Crippen molar-refractivity contribution in [2.75, 3.05) is 25.4 Å². The first-order chi connectivity index (χ1) is 11.6. The second kappa shape index (κ2) is 6.99. The van der Waals surface area contributed by atoms with Crippen LogP contribution in [-0.4, -0.2) is 50.3 Å². The molecule has 0 bridgehead atoms. The van der Waals surface area contributed by atoms with Gasteiger partial charge in [-0.2, -0.15) is 0 Å². The molecule has 2 heterocycles. The van der Waals surface area contributed by atoms with Gasteiger partial charge in [-0.25, -0.2) is 4.98 Å². The molecule has 0 amide bonds. The number of nitrogens with zero attached hydrogens (tertiary/aromatic N) is 4. The van der Waals surface area contributed by atoms with E-state index in [-0.39, 0.29) is 5.91 Å². The maximum Gasteiger partial charge on any atom is 0.229 e. The summed E-state index contributed by atoms with van der Waals surface area (Å²) in [6.45, 7) is 9.16. The monoisotopic (exact) mass is 344 g/mol. The molecule has 5 nitrogen and oxygen atoms in total. The number of para-hydroxylation sites is 1. The molecule has 3 aromatic rings. The van der Waals surface area contributed by atoms with Crippen molar-refractivity contribution >= 4 is 39.7 Å². The standard InChI is InChI=1S/C18H24N4OS/c1-5-21(6-2)11-12-24-18-19-16-14-9-7-8-10-15(14)22(13(3)23)17(16)20(18)4/h7-10H,5-6,11-12H2,1-4H3. The minimum absolute atomic E-state index is 0.0175. The third kappa shape index (κ3) is 2.84. The van der Waals surface area contributed by atoms with E-state index >= 15 is 0 Å². The smallest absolute Gasteiger partial charge is 0.229 e. The molecule has 24 heavy (non-hydrogen) atoms. The number of hydrogen-bond donors (Lipinski definition) is 0. The van der Waals surface area contributed by atoms with Crippen molar-refractivity contribution in [3.63, 3.8) is 0 Å².